The van der Waals surface area contributed by atoms with Gasteiger partial charge < -0.3 is 5.32 Å². The number of hydrogen-bond acceptors (Lipinski definition) is 3. The second-order valence-corrected chi connectivity index (χ2v) is 2.58. The minimum absolute atomic E-state index is 0.133. The van der Waals surface area contributed by atoms with Gasteiger partial charge in [-0.3, -0.25) is 0 Å². The summed E-state index contributed by atoms with van der Waals surface area (Å²) in [6.07, 6.45) is 4.23. The first kappa shape index (κ1) is 9.69. The van der Waals surface area contributed by atoms with Gasteiger partial charge >= 0.3 is 0 Å². The lowest BCUT2D eigenvalue weighted by Crippen LogP contribution is -2.18. The van der Waals surface area contributed by atoms with Crippen molar-refractivity contribution in [3.63, 3.8) is 0 Å². The van der Waals surface area contributed by atoms with Crippen molar-refractivity contribution < 1.29 is 0 Å². The number of hydrogen-bond donors (Lipinski definition) is 1. The highest BCUT2D eigenvalue weighted by Gasteiger charge is 2.08. The first-order chi connectivity index (χ1) is 6.38. The molecule has 1 atom stereocenters. The molecule has 0 spiro atoms. The van der Waals surface area contributed by atoms with Gasteiger partial charge in [-0.15, -0.1) is 11.8 Å². The summed E-state index contributed by atoms with van der Waals surface area (Å²) >= 11 is 0. The Morgan fingerprint density at radius 3 is 2.69 bits per heavy atom. The van der Waals surface area contributed by atoms with E-state index in [9.17, 15) is 0 Å². The molecular weight excluding hydrogens is 162 g/mol. The smallest absolute Gasteiger partial charge is 0.146 e. The SMILES string of the molecule is CC#CCC(NC)c1ncccn1. The molecule has 0 aromatic carbocycles. The molecule has 68 valence electrons. The Kier molecular flexibility index (Phi) is 3.94. The van der Waals surface area contributed by atoms with Gasteiger partial charge in [0, 0.05) is 18.8 Å². The van der Waals surface area contributed by atoms with Gasteiger partial charge in [0.1, 0.15) is 5.82 Å². The van der Waals surface area contributed by atoms with E-state index >= 15 is 0 Å². The molecule has 3 nitrogen and oxygen atoms in total. The van der Waals surface area contributed by atoms with Crippen molar-refractivity contribution in [1.29, 1.82) is 0 Å². The molecule has 1 aromatic heterocycles. The van der Waals surface area contributed by atoms with Crippen LogP contribution < -0.4 is 5.32 Å². The maximum Gasteiger partial charge on any atom is 0.146 e. The van der Waals surface area contributed by atoms with E-state index in [4.69, 9.17) is 0 Å². The molecular formula is C10H13N3. The lowest BCUT2D eigenvalue weighted by atomic mass is 10.2. The van der Waals surface area contributed by atoms with Gasteiger partial charge in [0.25, 0.3) is 0 Å². The fourth-order valence-electron chi connectivity index (χ4n) is 1.02. The van der Waals surface area contributed by atoms with Gasteiger partial charge in [-0.05, 0) is 20.0 Å². The van der Waals surface area contributed by atoms with E-state index in [1.165, 1.54) is 0 Å². The van der Waals surface area contributed by atoms with Gasteiger partial charge in [0.15, 0.2) is 0 Å². The van der Waals surface area contributed by atoms with Gasteiger partial charge in [-0.1, -0.05) is 0 Å². The predicted molar refractivity (Wildman–Crippen MR) is 51.9 cm³/mol. The quantitative estimate of drug-likeness (QED) is 0.700. The lowest BCUT2D eigenvalue weighted by molar-refractivity contribution is 0.574. The van der Waals surface area contributed by atoms with Crippen LogP contribution in [-0.4, -0.2) is 17.0 Å². The predicted octanol–water partition coefficient (Wildman–Crippen LogP) is 1.15. The Morgan fingerprint density at radius 2 is 2.15 bits per heavy atom. The minimum Gasteiger partial charge on any atom is -0.310 e. The van der Waals surface area contributed by atoms with Crippen molar-refractivity contribution in [3.8, 4) is 11.8 Å². The Balaban J connectivity index is 2.70. The van der Waals surface area contributed by atoms with E-state index in [0.717, 1.165) is 12.2 Å². The molecule has 0 aliphatic carbocycles. The Hall–Kier alpha value is -1.40. The molecule has 0 aliphatic heterocycles. The molecule has 3 heteroatoms. The van der Waals surface area contributed by atoms with Crippen LogP contribution in [0.25, 0.3) is 0 Å². The first-order valence-electron chi connectivity index (χ1n) is 4.22. The molecule has 13 heavy (non-hydrogen) atoms. The van der Waals surface area contributed by atoms with Crippen LogP contribution in [0.4, 0.5) is 0 Å². The fourth-order valence-corrected chi connectivity index (χ4v) is 1.02. The summed E-state index contributed by atoms with van der Waals surface area (Å²) in [6, 6.07) is 1.94. The van der Waals surface area contributed by atoms with Gasteiger partial charge in [0.2, 0.25) is 0 Å². The van der Waals surface area contributed by atoms with Crippen LogP contribution in [0.1, 0.15) is 25.2 Å². The molecule has 0 aliphatic rings. The Bertz CT molecular complexity index is 297. The first-order valence-corrected chi connectivity index (χ1v) is 4.22. The van der Waals surface area contributed by atoms with Crippen LogP contribution >= 0.6 is 0 Å². The van der Waals surface area contributed by atoms with Crippen molar-refractivity contribution in [3.05, 3.63) is 24.3 Å². The summed E-state index contributed by atoms with van der Waals surface area (Å²) in [7, 11) is 1.89. The number of aromatic nitrogens is 2. The molecule has 0 fully saturated rings. The highest BCUT2D eigenvalue weighted by Crippen LogP contribution is 2.08. The second kappa shape index (κ2) is 5.28. The van der Waals surface area contributed by atoms with E-state index < -0.39 is 0 Å². The van der Waals surface area contributed by atoms with Crippen LogP contribution in [0, 0.1) is 11.8 Å². The average Bonchev–Trinajstić information content (AvgIpc) is 2.21. The molecule has 1 rings (SSSR count). The fraction of sp³-hybridized carbons (Fsp3) is 0.400. The summed E-state index contributed by atoms with van der Waals surface area (Å²) < 4.78 is 0. The molecule has 0 saturated carbocycles. The van der Waals surface area contributed by atoms with Crippen LogP contribution in [-0.2, 0) is 0 Å². The third-order valence-corrected chi connectivity index (χ3v) is 1.73. The van der Waals surface area contributed by atoms with E-state index in [0.29, 0.717) is 0 Å². The highest BCUT2D eigenvalue weighted by molar-refractivity contribution is 5.04. The van der Waals surface area contributed by atoms with Gasteiger partial charge in [-0.25, -0.2) is 9.97 Å². The van der Waals surface area contributed by atoms with E-state index in [1.54, 1.807) is 12.4 Å². The summed E-state index contributed by atoms with van der Waals surface area (Å²) in [5.41, 5.74) is 0. The summed E-state index contributed by atoms with van der Waals surface area (Å²) in [4.78, 5) is 8.32. The Morgan fingerprint density at radius 1 is 1.46 bits per heavy atom. The number of rotatable bonds is 3. The standard InChI is InChI=1S/C10H13N3/c1-3-4-6-9(11-2)10-12-7-5-8-13-10/h5,7-9,11H,6H2,1-2H3. The van der Waals surface area contributed by atoms with Crippen LogP contribution in [0.2, 0.25) is 0 Å². The molecule has 1 N–H and O–H groups in total. The minimum atomic E-state index is 0.133. The summed E-state index contributed by atoms with van der Waals surface area (Å²) in [6.45, 7) is 1.83. The molecule has 1 unspecified atom stereocenters. The van der Waals surface area contributed by atoms with Gasteiger partial charge in [-0.2, -0.15) is 0 Å². The molecule has 0 bridgehead atoms. The zero-order valence-corrected chi connectivity index (χ0v) is 7.91. The van der Waals surface area contributed by atoms with Crippen LogP contribution in [0.15, 0.2) is 18.5 Å². The summed E-state index contributed by atoms with van der Waals surface area (Å²) in [5, 5.41) is 3.13. The van der Waals surface area contributed by atoms with Crippen molar-refractivity contribution >= 4 is 0 Å². The average molecular weight is 175 g/mol. The van der Waals surface area contributed by atoms with Crippen LogP contribution in [0.3, 0.4) is 0 Å². The summed E-state index contributed by atoms with van der Waals surface area (Å²) in [5.74, 6) is 6.66. The molecule has 0 radical (unpaired) electrons. The topological polar surface area (TPSA) is 37.8 Å². The van der Waals surface area contributed by atoms with Gasteiger partial charge in [0.05, 0.1) is 6.04 Å². The maximum absolute atomic E-state index is 4.16. The van der Waals surface area contributed by atoms with Crippen molar-refractivity contribution in [1.82, 2.24) is 15.3 Å². The van der Waals surface area contributed by atoms with Crippen LogP contribution in [0.5, 0.6) is 0 Å². The molecule has 1 aromatic rings. The lowest BCUT2D eigenvalue weighted by Gasteiger charge is -2.10. The van der Waals surface area contributed by atoms with Crippen molar-refractivity contribution in [2.75, 3.05) is 7.05 Å². The Labute approximate surface area is 78.6 Å². The monoisotopic (exact) mass is 175 g/mol. The van der Waals surface area contributed by atoms with E-state index in [1.807, 2.05) is 20.0 Å². The van der Waals surface area contributed by atoms with E-state index in [-0.39, 0.29) is 6.04 Å². The zero-order chi connectivity index (χ0) is 9.52. The van der Waals surface area contributed by atoms with Crippen molar-refractivity contribution in [2.45, 2.75) is 19.4 Å². The third kappa shape index (κ3) is 2.85. The third-order valence-electron chi connectivity index (χ3n) is 1.73. The highest BCUT2D eigenvalue weighted by atomic mass is 15.0. The largest absolute Gasteiger partial charge is 0.310 e. The second-order valence-electron chi connectivity index (χ2n) is 2.58. The van der Waals surface area contributed by atoms with Crippen molar-refractivity contribution in [2.24, 2.45) is 0 Å². The molecule has 0 amide bonds. The number of nitrogens with one attached hydrogen (secondary N) is 1. The molecule has 1 heterocycles. The zero-order valence-electron chi connectivity index (χ0n) is 7.91. The number of nitrogens with zero attached hydrogens (tertiary/aromatic N) is 2. The maximum atomic E-state index is 4.16. The van der Waals surface area contributed by atoms with E-state index in [2.05, 4.69) is 27.1 Å². The molecule has 0 saturated heterocycles. The normalized spacial score (nSPS) is 11.5.